The Morgan fingerprint density at radius 2 is 2.25 bits per heavy atom. The van der Waals surface area contributed by atoms with Crippen LogP contribution in [0.15, 0.2) is 30.4 Å². The molecule has 86 valence electrons. The average Bonchev–Trinajstić information content (AvgIpc) is 2.29. The first kappa shape index (κ1) is 12.1. The Morgan fingerprint density at radius 3 is 2.88 bits per heavy atom. The normalized spacial score (nSPS) is 10.4. The van der Waals surface area contributed by atoms with Crippen LogP contribution < -0.4 is 4.74 Å². The fraction of sp³-hybridized carbons (Fsp3) is 0.250. The standard InChI is InChI=1S/C12H14O4/c1-3-4-8-16-12(14)9-6-5-7-10(15-2)11(9)13/h3-7,13H,8H2,1-2H3/b4-3+. The maximum Gasteiger partial charge on any atom is 0.342 e. The molecule has 1 N–H and O–H groups in total. The molecular weight excluding hydrogens is 208 g/mol. The van der Waals surface area contributed by atoms with Crippen molar-refractivity contribution in [1.82, 2.24) is 0 Å². The van der Waals surface area contributed by atoms with E-state index in [9.17, 15) is 9.90 Å². The maximum atomic E-state index is 11.5. The van der Waals surface area contributed by atoms with Gasteiger partial charge in [-0.3, -0.25) is 0 Å². The highest BCUT2D eigenvalue weighted by molar-refractivity contribution is 5.93. The van der Waals surface area contributed by atoms with Crippen LogP contribution in [-0.2, 0) is 4.74 Å². The van der Waals surface area contributed by atoms with Gasteiger partial charge in [0.25, 0.3) is 0 Å². The quantitative estimate of drug-likeness (QED) is 0.626. The van der Waals surface area contributed by atoms with Crippen LogP contribution >= 0.6 is 0 Å². The number of ether oxygens (including phenoxy) is 2. The van der Waals surface area contributed by atoms with Crippen LogP contribution in [0, 0.1) is 0 Å². The van der Waals surface area contributed by atoms with E-state index in [0.29, 0.717) is 0 Å². The molecule has 0 unspecified atom stereocenters. The van der Waals surface area contributed by atoms with Crippen molar-refractivity contribution in [2.75, 3.05) is 13.7 Å². The summed E-state index contributed by atoms with van der Waals surface area (Å²) < 4.78 is 9.80. The summed E-state index contributed by atoms with van der Waals surface area (Å²) >= 11 is 0. The number of phenols is 1. The first-order chi connectivity index (χ1) is 7.70. The minimum absolute atomic E-state index is 0.101. The zero-order chi connectivity index (χ0) is 12.0. The molecule has 0 saturated heterocycles. The lowest BCUT2D eigenvalue weighted by atomic mass is 10.2. The lowest BCUT2D eigenvalue weighted by Gasteiger charge is -2.07. The predicted octanol–water partition coefficient (Wildman–Crippen LogP) is 2.13. The van der Waals surface area contributed by atoms with E-state index in [2.05, 4.69) is 0 Å². The topological polar surface area (TPSA) is 55.8 Å². The SMILES string of the molecule is C/C=C/COC(=O)c1cccc(OC)c1O. The van der Waals surface area contributed by atoms with E-state index in [4.69, 9.17) is 9.47 Å². The highest BCUT2D eigenvalue weighted by atomic mass is 16.5. The number of para-hydroxylation sites is 1. The van der Waals surface area contributed by atoms with Crippen molar-refractivity contribution in [3.8, 4) is 11.5 Å². The van der Waals surface area contributed by atoms with Gasteiger partial charge in [0, 0.05) is 0 Å². The van der Waals surface area contributed by atoms with Gasteiger partial charge < -0.3 is 14.6 Å². The van der Waals surface area contributed by atoms with Gasteiger partial charge in [-0.1, -0.05) is 18.2 Å². The Hall–Kier alpha value is -1.97. The summed E-state index contributed by atoms with van der Waals surface area (Å²) in [6.07, 6.45) is 3.48. The van der Waals surface area contributed by atoms with Crippen molar-refractivity contribution < 1.29 is 19.4 Å². The van der Waals surface area contributed by atoms with Crippen LogP contribution in [0.25, 0.3) is 0 Å². The highest BCUT2D eigenvalue weighted by Crippen LogP contribution is 2.29. The predicted molar refractivity (Wildman–Crippen MR) is 59.8 cm³/mol. The van der Waals surface area contributed by atoms with Crippen molar-refractivity contribution >= 4 is 5.97 Å². The molecule has 0 heterocycles. The number of carbonyl (C=O) groups excluding carboxylic acids is 1. The molecule has 0 aliphatic carbocycles. The number of esters is 1. The fourth-order valence-corrected chi connectivity index (χ4v) is 1.15. The van der Waals surface area contributed by atoms with Crippen molar-refractivity contribution in [1.29, 1.82) is 0 Å². The third-order valence-corrected chi connectivity index (χ3v) is 1.99. The van der Waals surface area contributed by atoms with Crippen molar-refractivity contribution in [3.63, 3.8) is 0 Å². The molecule has 1 aromatic rings. The molecular formula is C12H14O4. The van der Waals surface area contributed by atoms with Crippen molar-refractivity contribution in [3.05, 3.63) is 35.9 Å². The molecule has 0 radical (unpaired) electrons. The van der Waals surface area contributed by atoms with Gasteiger partial charge in [0.2, 0.25) is 0 Å². The third kappa shape index (κ3) is 2.76. The van der Waals surface area contributed by atoms with E-state index in [1.807, 2.05) is 6.92 Å². The monoisotopic (exact) mass is 222 g/mol. The number of aromatic hydroxyl groups is 1. The van der Waals surface area contributed by atoms with E-state index in [1.54, 1.807) is 24.3 Å². The number of benzene rings is 1. The first-order valence-corrected chi connectivity index (χ1v) is 4.85. The number of phenolic OH excluding ortho intramolecular Hbond substituents is 1. The molecule has 0 atom stereocenters. The molecule has 0 aromatic heterocycles. The Kier molecular flexibility index (Phi) is 4.39. The van der Waals surface area contributed by atoms with E-state index in [1.165, 1.54) is 13.2 Å². The van der Waals surface area contributed by atoms with Gasteiger partial charge in [-0.25, -0.2) is 4.79 Å². The molecule has 0 aliphatic rings. The molecule has 0 bridgehead atoms. The second kappa shape index (κ2) is 5.80. The van der Waals surface area contributed by atoms with Crippen molar-refractivity contribution in [2.45, 2.75) is 6.92 Å². The fourth-order valence-electron chi connectivity index (χ4n) is 1.15. The zero-order valence-electron chi connectivity index (χ0n) is 9.27. The average molecular weight is 222 g/mol. The molecule has 16 heavy (non-hydrogen) atoms. The van der Waals surface area contributed by atoms with Gasteiger partial charge in [0.15, 0.2) is 11.5 Å². The second-order valence-corrected chi connectivity index (χ2v) is 3.02. The third-order valence-electron chi connectivity index (χ3n) is 1.99. The van der Waals surface area contributed by atoms with Crippen molar-refractivity contribution in [2.24, 2.45) is 0 Å². The summed E-state index contributed by atoms with van der Waals surface area (Å²) in [4.78, 5) is 11.5. The first-order valence-electron chi connectivity index (χ1n) is 4.85. The van der Waals surface area contributed by atoms with Crippen LogP contribution in [0.2, 0.25) is 0 Å². The summed E-state index contributed by atoms with van der Waals surface area (Å²) in [6, 6.07) is 4.67. The molecule has 0 amide bonds. The summed E-state index contributed by atoms with van der Waals surface area (Å²) in [5.74, 6) is -0.523. The van der Waals surface area contributed by atoms with Crippen LogP contribution in [0.3, 0.4) is 0 Å². The lowest BCUT2D eigenvalue weighted by Crippen LogP contribution is -2.05. The minimum Gasteiger partial charge on any atom is -0.504 e. The summed E-state index contributed by atoms with van der Waals surface area (Å²) in [5.41, 5.74) is 0.101. The molecule has 0 fully saturated rings. The van der Waals surface area contributed by atoms with E-state index >= 15 is 0 Å². The lowest BCUT2D eigenvalue weighted by molar-refractivity contribution is 0.0545. The Balaban J connectivity index is 2.83. The van der Waals surface area contributed by atoms with E-state index < -0.39 is 5.97 Å². The van der Waals surface area contributed by atoms with E-state index in [-0.39, 0.29) is 23.7 Å². The van der Waals surface area contributed by atoms with Gasteiger partial charge in [-0.15, -0.1) is 0 Å². The highest BCUT2D eigenvalue weighted by Gasteiger charge is 2.15. The minimum atomic E-state index is -0.575. The molecule has 4 heteroatoms. The number of methoxy groups -OCH3 is 1. The summed E-state index contributed by atoms with van der Waals surface area (Å²) in [5, 5.41) is 9.67. The number of hydrogen-bond acceptors (Lipinski definition) is 4. The number of hydrogen-bond donors (Lipinski definition) is 1. The molecule has 0 aliphatic heterocycles. The van der Waals surface area contributed by atoms with Gasteiger partial charge in [-0.05, 0) is 19.1 Å². The smallest absolute Gasteiger partial charge is 0.342 e. The molecule has 1 rings (SSSR count). The Bertz CT molecular complexity index is 396. The number of allylic oxidation sites excluding steroid dienone is 1. The maximum absolute atomic E-state index is 11.5. The van der Waals surface area contributed by atoms with Crippen LogP contribution in [-0.4, -0.2) is 24.8 Å². The van der Waals surface area contributed by atoms with E-state index in [0.717, 1.165) is 0 Å². The molecule has 1 aromatic carbocycles. The van der Waals surface area contributed by atoms with Gasteiger partial charge in [0.05, 0.1) is 7.11 Å². The van der Waals surface area contributed by atoms with Gasteiger partial charge >= 0.3 is 5.97 Å². The summed E-state index contributed by atoms with van der Waals surface area (Å²) in [6.45, 7) is 2.02. The number of carbonyl (C=O) groups is 1. The molecule has 0 saturated carbocycles. The van der Waals surface area contributed by atoms with Gasteiger partial charge in [0.1, 0.15) is 12.2 Å². The van der Waals surface area contributed by atoms with Crippen LogP contribution in [0.5, 0.6) is 11.5 Å². The Labute approximate surface area is 94.1 Å². The van der Waals surface area contributed by atoms with Crippen LogP contribution in [0.4, 0.5) is 0 Å². The molecule has 0 spiro atoms. The zero-order valence-corrected chi connectivity index (χ0v) is 9.27. The van der Waals surface area contributed by atoms with Crippen LogP contribution in [0.1, 0.15) is 17.3 Å². The second-order valence-electron chi connectivity index (χ2n) is 3.02. The Morgan fingerprint density at radius 1 is 1.50 bits per heavy atom. The van der Waals surface area contributed by atoms with Gasteiger partial charge in [-0.2, -0.15) is 0 Å². The molecule has 4 nitrogen and oxygen atoms in total. The summed E-state index contributed by atoms with van der Waals surface area (Å²) in [7, 11) is 1.42. The number of rotatable bonds is 4. The largest absolute Gasteiger partial charge is 0.504 e.